The zero-order chi connectivity index (χ0) is 20.8. The summed E-state index contributed by atoms with van der Waals surface area (Å²) in [4.78, 5) is 25.0. The van der Waals surface area contributed by atoms with Gasteiger partial charge < -0.3 is 4.74 Å². The minimum Gasteiger partial charge on any atom is -0.381 e. The highest BCUT2D eigenvalue weighted by Gasteiger charge is 2.35. The summed E-state index contributed by atoms with van der Waals surface area (Å²) in [6.07, 6.45) is 3.46. The van der Waals surface area contributed by atoms with Crippen LogP contribution in [0.3, 0.4) is 0 Å². The Kier molecular flexibility index (Phi) is 4.91. The average molecular weight is 409 g/mol. The third-order valence-electron chi connectivity index (χ3n) is 6.56. The molecule has 30 heavy (non-hydrogen) atoms. The third kappa shape index (κ3) is 3.24. The van der Waals surface area contributed by atoms with Gasteiger partial charge in [-0.2, -0.15) is 5.10 Å². The summed E-state index contributed by atoms with van der Waals surface area (Å²) in [5.41, 5.74) is 2.87. The van der Waals surface area contributed by atoms with Crippen molar-refractivity contribution in [3.63, 3.8) is 0 Å². The molecule has 2 aliphatic rings. The van der Waals surface area contributed by atoms with Crippen LogP contribution in [0.25, 0.3) is 11.0 Å². The van der Waals surface area contributed by atoms with E-state index >= 15 is 0 Å². The number of nitrogens with zero attached hydrogens (tertiary/aromatic N) is 6. The second-order valence-electron chi connectivity index (χ2n) is 8.53. The fourth-order valence-electron chi connectivity index (χ4n) is 4.63. The highest BCUT2D eigenvalue weighted by molar-refractivity contribution is 5.73. The fraction of sp³-hybridized carbons (Fsp3) is 0.545. The lowest BCUT2D eigenvalue weighted by atomic mass is 9.93. The van der Waals surface area contributed by atoms with Gasteiger partial charge in [-0.15, -0.1) is 0 Å². The summed E-state index contributed by atoms with van der Waals surface area (Å²) in [5.74, 6) is 1.22. The molecule has 2 saturated heterocycles. The molecular weight excluding hydrogens is 380 g/mol. The van der Waals surface area contributed by atoms with Crippen molar-refractivity contribution in [2.24, 2.45) is 7.05 Å². The van der Waals surface area contributed by atoms with Crippen molar-refractivity contribution in [2.45, 2.75) is 44.7 Å². The maximum Gasteiger partial charge on any atom is 0.264 e. The maximum absolute atomic E-state index is 13.0. The van der Waals surface area contributed by atoms with Crippen molar-refractivity contribution in [3.05, 3.63) is 52.0 Å². The fourth-order valence-corrected chi connectivity index (χ4v) is 4.63. The van der Waals surface area contributed by atoms with Crippen LogP contribution in [0.2, 0.25) is 0 Å². The van der Waals surface area contributed by atoms with Crippen LogP contribution in [0.1, 0.15) is 55.0 Å². The third-order valence-corrected chi connectivity index (χ3v) is 6.56. The van der Waals surface area contributed by atoms with Crippen LogP contribution >= 0.6 is 0 Å². The maximum atomic E-state index is 13.0. The first-order valence-electron chi connectivity index (χ1n) is 10.7. The lowest BCUT2D eigenvalue weighted by Gasteiger charge is -2.42. The van der Waals surface area contributed by atoms with Crippen molar-refractivity contribution in [3.8, 4) is 0 Å². The lowest BCUT2D eigenvalue weighted by Crippen LogP contribution is -2.47. The molecule has 0 saturated carbocycles. The Labute approximate surface area is 175 Å². The molecule has 2 fully saturated rings. The number of hydrogen-bond donors (Lipinski definition) is 0. The monoisotopic (exact) mass is 408 g/mol. The number of likely N-dealkylation sites (tertiary alicyclic amines) is 1. The molecule has 0 N–H and O–H groups in total. The number of aromatic nitrogens is 5. The largest absolute Gasteiger partial charge is 0.381 e. The summed E-state index contributed by atoms with van der Waals surface area (Å²) >= 11 is 0. The average Bonchev–Trinajstić information content (AvgIpc) is 3.14. The Morgan fingerprint density at radius 1 is 1.17 bits per heavy atom. The number of aryl methyl sites for hydroxylation is 1. The standard InChI is InChI=1S/C22H28N6O2/c1-14-5-4-6-19(24-14)16-12-27(13-16)15(2)20-25-21-18(22(29)26(20)3)11-23-28(21)17-7-9-30-10-8-17/h4-6,11,15-17H,7-10,12-13H2,1-3H3/t15-/m1/s1. The molecule has 0 spiro atoms. The van der Waals surface area contributed by atoms with Crippen molar-refractivity contribution in [2.75, 3.05) is 26.3 Å². The van der Waals surface area contributed by atoms with E-state index in [0.717, 1.165) is 56.4 Å². The van der Waals surface area contributed by atoms with Gasteiger partial charge in [0.15, 0.2) is 5.65 Å². The number of ether oxygens (including phenoxy) is 1. The first kappa shape index (κ1) is 19.4. The number of hydrogen-bond acceptors (Lipinski definition) is 6. The quantitative estimate of drug-likeness (QED) is 0.659. The molecular formula is C22H28N6O2. The van der Waals surface area contributed by atoms with Crippen LogP contribution < -0.4 is 5.56 Å². The molecule has 3 aromatic heterocycles. The van der Waals surface area contributed by atoms with E-state index < -0.39 is 0 Å². The minimum absolute atomic E-state index is 0.0300. The first-order chi connectivity index (χ1) is 14.5. The Bertz CT molecular complexity index is 1120. The summed E-state index contributed by atoms with van der Waals surface area (Å²) in [6.45, 7) is 7.45. The van der Waals surface area contributed by atoms with Gasteiger partial charge in [0.25, 0.3) is 5.56 Å². The van der Waals surface area contributed by atoms with E-state index in [2.05, 4.69) is 34.0 Å². The molecule has 3 aromatic rings. The predicted molar refractivity (Wildman–Crippen MR) is 114 cm³/mol. The van der Waals surface area contributed by atoms with E-state index in [-0.39, 0.29) is 17.6 Å². The van der Waals surface area contributed by atoms with E-state index in [1.807, 2.05) is 24.7 Å². The molecule has 0 unspecified atom stereocenters. The van der Waals surface area contributed by atoms with E-state index in [1.54, 1.807) is 10.8 Å². The molecule has 1 atom stereocenters. The molecule has 0 amide bonds. The predicted octanol–water partition coefficient (Wildman–Crippen LogP) is 2.35. The van der Waals surface area contributed by atoms with Crippen LogP contribution in [0.5, 0.6) is 0 Å². The summed E-state index contributed by atoms with van der Waals surface area (Å²) in [6, 6.07) is 6.48. The van der Waals surface area contributed by atoms with E-state index in [9.17, 15) is 4.79 Å². The van der Waals surface area contributed by atoms with Crippen LogP contribution in [-0.2, 0) is 11.8 Å². The van der Waals surface area contributed by atoms with Gasteiger partial charge in [-0.1, -0.05) is 6.07 Å². The SMILES string of the molecule is Cc1cccc(C2CN([C@H](C)c3nc4c(cnn4C4CCOCC4)c(=O)n3C)C2)n1. The van der Waals surface area contributed by atoms with E-state index in [0.29, 0.717) is 17.0 Å². The van der Waals surface area contributed by atoms with Crippen LogP contribution in [0.4, 0.5) is 0 Å². The van der Waals surface area contributed by atoms with Gasteiger partial charge in [0.05, 0.1) is 18.3 Å². The van der Waals surface area contributed by atoms with E-state index in [1.165, 1.54) is 0 Å². The van der Waals surface area contributed by atoms with Gasteiger partial charge in [-0.25, -0.2) is 9.67 Å². The minimum atomic E-state index is -0.0300. The Hall–Kier alpha value is -2.58. The highest BCUT2D eigenvalue weighted by atomic mass is 16.5. The van der Waals surface area contributed by atoms with Gasteiger partial charge in [0.1, 0.15) is 11.2 Å². The van der Waals surface area contributed by atoms with Crippen molar-refractivity contribution in [1.82, 2.24) is 29.2 Å². The summed E-state index contributed by atoms with van der Waals surface area (Å²) in [7, 11) is 1.81. The van der Waals surface area contributed by atoms with Crippen molar-refractivity contribution < 1.29 is 4.74 Å². The molecule has 158 valence electrons. The second kappa shape index (κ2) is 7.59. The van der Waals surface area contributed by atoms with Gasteiger partial charge in [0, 0.05) is 50.7 Å². The smallest absolute Gasteiger partial charge is 0.264 e. The lowest BCUT2D eigenvalue weighted by molar-refractivity contribution is 0.0672. The van der Waals surface area contributed by atoms with E-state index in [4.69, 9.17) is 9.72 Å². The van der Waals surface area contributed by atoms with Gasteiger partial charge in [-0.05, 0) is 38.8 Å². The number of fused-ring (bicyclic) bond motifs is 1. The zero-order valence-corrected chi connectivity index (χ0v) is 17.8. The van der Waals surface area contributed by atoms with Crippen LogP contribution in [0, 0.1) is 6.92 Å². The Balaban J connectivity index is 1.42. The molecule has 0 radical (unpaired) electrons. The number of rotatable bonds is 4. The van der Waals surface area contributed by atoms with Gasteiger partial charge >= 0.3 is 0 Å². The van der Waals surface area contributed by atoms with Crippen LogP contribution in [-0.4, -0.2) is 55.5 Å². The normalized spacial score (nSPS) is 19.8. The molecule has 2 aliphatic heterocycles. The second-order valence-corrected chi connectivity index (χ2v) is 8.53. The topological polar surface area (TPSA) is 78.1 Å². The highest BCUT2D eigenvalue weighted by Crippen LogP contribution is 2.33. The van der Waals surface area contributed by atoms with Gasteiger partial charge in [0.2, 0.25) is 0 Å². The molecule has 0 aliphatic carbocycles. The molecule has 8 heteroatoms. The molecule has 8 nitrogen and oxygen atoms in total. The van der Waals surface area contributed by atoms with Gasteiger partial charge in [-0.3, -0.25) is 19.2 Å². The van der Waals surface area contributed by atoms with Crippen molar-refractivity contribution >= 4 is 11.0 Å². The van der Waals surface area contributed by atoms with Crippen molar-refractivity contribution in [1.29, 1.82) is 0 Å². The molecule has 5 rings (SSSR count). The molecule has 0 aromatic carbocycles. The van der Waals surface area contributed by atoms with Crippen LogP contribution in [0.15, 0.2) is 29.2 Å². The molecule has 5 heterocycles. The zero-order valence-electron chi connectivity index (χ0n) is 17.8. The number of pyridine rings is 1. The Morgan fingerprint density at radius 3 is 2.67 bits per heavy atom. The first-order valence-corrected chi connectivity index (χ1v) is 10.7. The summed E-state index contributed by atoms with van der Waals surface area (Å²) < 4.78 is 9.10. The Morgan fingerprint density at radius 2 is 1.93 bits per heavy atom. The summed E-state index contributed by atoms with van der Waals surface area (Å²) in [5, 5.41) is 5.11. The molecule has 0 bridgehead atoms.